The lowest BCUT2D eigenvalue weighted by Gasteiger charge is -2.06. The zero-order chi connectivity index (χ0) is 11.7. The predicted octanol–water partition coefficient (Wildman–Crippen LogP) is 1.82. The third kappa shape index (κ3) is 1.69. The van der Waals surface area contributed by atoms with Crippen LogP contribution in [0.5, 0.6) is 0 Å². The van der Waals surface area contributed by atoms with E-state index in [4.69, 9.17) is 5.73 Å². The molecule has 0 atom stereocenters. The summed E-state index contributed by atoms with van der Waals surface area (Å²) in [5.74, 6) is -0.335. The van der Waals surface area contributed by atoms with Gasteiger partial charge in [-0.2, -0.15) is 0 Å². The van der Waals surface area contributed by atoms with E-state index in [2.05, 4.69) is 4.98 Å². The maximum atomic E-state index is 13.5. The molecule has 1 heterocycles. The van der Waals surface area contributed by atoms with Crippen LogP contribution in [0.15, 0.2) is 24.4 Å². The second-order valence-corrected chi connectivity index (χ2v) is 3.45. The Hall–Kier alpha value is -1.75. The van der Waals surface area contributed by atoms with Gasteiger partial charge in [-0.15, -0.1) is 0 Å². The largest absolute Gasteiger partial charge is 0.330 e. The van der Waals surface area contributed by atoms with E-state index < -0.39 is 11.6 Å². The summed E-state index contributed by atoms with van der Waals surface area (Å²) in [6, 6.07) is 3.32. The molecule has 1 aromatic heterocycles. The Bertz CT molecular complexity index is 520. The van der Waals surface area contributed by atoms with Crippen LogP contribution in [0.1, 0.15) is 5.82 Å². The highest BCUT2D eigenvalue weighted by molar-refractivity contribution is 5.60. The van der Waals surface area contributed by atoms with Gasteiger partial charge in [0.2, 0.25) is 0 Å². The van der Waals surface area contributed by atoms with Crippen molar-refractivity contribution in [3.63, 3.8) is 0 Å². The van der Waals surface area contributed by atoms with Gasteiger partial charge < -0.3 is 10.3 Å². The van der Waals surface area contributed by atoms with Crippen molar-refractivity contribution in [2.75, 3.05) is 0 Å². The van der Waals surface area contributed by atoms with Crippen LogP contribution >= 0.6 is 0 Å². The minimum atomic E-state index is -0.480. The van der Waals surface area contributed by atoms with Gasteiger partial charge in [-0.3, -0.25) is 0 Å². The lowest BCUT2D eigenvalue weighted by molar-refractivity contribution is 0.601. The van der Waals surface area contributed by atoms with Crippen molar-refractivity contribution in [1.29, 1.82) is 0 Å². The summed E-state index contributed by atoms with van der Waals surface area (Å²) in [5, 5.41) is 0. The highest BCUT2D eigenvalue weighted by atomic mass is 19.1. The van der Waals surface area contributed by atoms with Crippen LogP contribution in [0.4, 0.5) is 8.78 Å². The molecule has 1 aromatic carbocycles. The molecule has 3 nitrogen and oxygen atoms in total. The third-order valence-corrected chi connectivity index (χ3v) is 2.47. The van der Waals surface area contributed by atoms with E-state index in [0.29, 0.717) is 11.5 Å². The van der Waals surface area contributed by atoms with Crippen molar-refractivity contribution in [3.8, 4) is 11.3 Å². The van der Waals surface area contributed by atoms with Gasteiger partial charge in [-0.05, 0) is 18.2 Å². The molecule has 0 spiro atoms. The van der Waals surface area contributed by atoms with Crippen LogP contribution in [-0.4, -0.2) is 9.55 Å². The molecule has 0 amide bonds. The van der Waals surface area contributed by atoms with Crippen LogP contribution in [0.2, 0.25) is 0 Å². The summed E-state index contributed by atoms with van der Waals surface area (Å²) in [4.78, 5) is 4.03. The number of nitrogens with two attached hydrogens (primary N) is 1. The second kappa shape index (κ2) is 4.02. The number of imidazole rings is 1. The van der Waals surface area contributed by atoms with E-state index in [1.165, 1.54) is 6.20 Å². The Morgan fingerprint density at radius 3 is 2.75 bits per heavy atom. The van der Waals surface area contributed by atoms with Crippen LogP contribution in [0, 0.1) is 11.6 Å². The van der Waals surface area contributed by atoms with Gasteiger partial charge in [0.25, 0.3) is 0 Å². The Labute approximate surface area is 91.5 Å². The molecule has 0 aliphatic carbocycles. The van der Waals surface area contributed by atoms with Crippen molar-refractivity contribution >= 4 is 0 Å². The second-order valence-electron chi connectivity index (χ2n) is 3.45. The molecule has 0 saturated carbocycles. The van der Waals surface area contributed by atoms with E-state index >= 15 is 0 Å². The Balaban J connectivity index is 2.58. The Morgan fingerprint density at radius 1 is 1.38 bits per heavy atom. The molecular formula is C11H11F2N3. The molecule has 16 heavy (non-hydrogen) atoms. The first-order chi connectivity index (χ1) is 7.63. The fourth-order valence-electron chi connectivity index (χ4n) is 1.58. The molecular weight excluding hydrogens is 212 g/mol. The zero-order valence-corrected chi connectivity index (χ0v) is 8.74. The molecule has 0 aliphatic heterocycles. The first-order valence-electron chi connectivity index (χ1n) is 4.79. The highest BCUT2D eigenvalue weighted by Gasteiger charge is 2.12. The van der Waals surface area contributed by atoms with Gasteiger partial charge in [0.1, 0.15) is 17.5 Å². The Morgan fingerprint density at radius 2 is 2.12 bits per heavy atom. The summed E-state index contributed by atoms with van der Waals surface area (Å²) in [7, 11) is 1.72. The smallest absolute Gasteiger partial charge is 0.132 e. The van der Waals surface area contributed by atoms with Gasteiger partial charge in [-0.25, -0.2) is 13.8 Å². The number of hydrogen-bond donors (Lipinski definition) is 1. The predicted molar refractivity (Wildman–Crippen MR) is 56.5 cm³/mol. The van der Waals surface area contributed by atoms with Gasteiger partial charge in [0, 0.05) is 12.6 Å². The third-order valence-electron chi connectivity index (χ3n) is 2.47. The first kappa shape index (κ1) is 10.8. The van der Waals surface area contributed by atoms with E-state index in [1.54, 1.807) is 11.6 Å². The van der Waals surface area contributed by atoms with Crippen molar-refractivity contribution < 1.29 is 8.78 Å². The number of aromatic nitrogens is 2. The molecule has 0 bridgehead atoms. The van der Waals surface area contributed by atoms with E-state index in [-0.39, 0.29) is 12.1 Å². The number of rotatable bonds is 2. The molecule has 0 saturated heterocycles. The normalized spacial score (nSPS) is 10.8. The van der Waals surface area contributed by atoms with Gasteiger partial charge in [0.05, 0.1) is 18.4 Å². The van der Waals surface area contributed by atoms with Crippen LogP contribution in [-0.2, 0) is 13.6 Å². The van der Waals surface area contributed by atoms with Crippen molar-refractivity contribution in [2.45, 2.75) is 6.54 Å². The SMILES string of the molecule is Cn1c(-c2cc(F)ccc2F)cnc1CN. The maximum Gasteiger partial charge on any atom is 0.132 e. The van der Waals surface area contributed by atoms with Crippen LogP contribution in [0.3, 0.4) is 0 Å². The topological polar surface area (TPSA) is 43.8 Å². The number of nitrogens with zero attached hydrogens (tertiary/aromatic N) is 2. The molecule has 2 aromatic rings. The van der Waals surface area contributed by atoms with E-state index in [9.17, 15) is 8.78 Å². The van der Waals surface area contributed by atoms with E-state index in [1.807, 2.05) is 0 Å². The fourth-order valence-corrected chi connectivity index (χ4v) is 1.58. The van der Waals surface area contributed by atoms with Gasteiger partial charge >= 0.3 is 0 Å². The fraction of sp³-hybridized carbons (Fsp3) is 0.182. The van der Waals surface area contributed by atoms with Crippen LogP contribution in [0.25, 0.3) is 11.3 Å². The standard InChI is InChI=1S/C11H11F2N3/c1-16-10(6-15-11(16)5-14)8-4-7(12)2-3-9(8)13/h2-4,6H,5,14H2,1H3. The summed E-state index contributed by atoms with van der Waals surface area (Å²) >= 11 is 0. The zero-order valence-electron chi connectivity index (χ0n) is 8.74. The minimum absolute atomic E-state index is 0.190. The average molecular weight is 223 g/mol. The van der Waals surface area contributed by atoms with Crippen LogP contribution < -0.4 is 5.73 Å². The summed E-state index contributed by atoms with van der Waals surface area (Å²) in [5.41, 5.74) is 6.16. The molecule has 0 fully saturated rings. The van der Waals surface area contributed by atoms with Crippen molar-refractivity contribution in [1.82, 2.24) is 9.55 Å². The number of halogens is 2. The highest BCUT2D eigenvalue weighted by Crippen LogP contribution is 2.23. The molecule has 5 heteroatoms. The summed E-state index contributed by atoms with van der Waals surface area (Å²) in [6.45, 7) is 0.257. The lowest BCUT2D eigenvalue weighted by Crippen LogP contribution is -2.05. The average Bonchev–Trinajstić information content (AvgIpc) is 2.63. The number of hydrogen-bond acceptors (Lipinski definition) is 2. The molecule has 84 valence electrons. The Kier molecular flexibility index (Phi) is 2.70. The molecule has 0 aliphatic rings. The summed E-state index contributed by atoms with van der Waals surface area (Å²) in [6.07, 6.45) is 1.49. The maximum absolute atomic E-state index is 13.5. The minimum Gasteiger partial charge on any atom is -0.330 e. The van der Waals surface area contributed by atoms with Gasteiger partial charge in [-0.1, -0.05) is 0 Å². The van der Waals surface area contributed by atoms with Crippen molar-refractivity contribution in [2.24, 2.45) is 12.8 Å². The van der Waals surface area contributed by atoms with Gasteiger partial charge in [0.15, 0.2) is 0 Å². The van der Waals surface area contributed by atoms with Crippen molar-refractivity contribution in [3.05, 3.63) is 41.9 Å². The molecule has 0 unspecified atom stereocenters. The molecule has 2 N–H and O–H groups in total. The van der Waals surface area contributed by atoms with E-state index in [0.717, 1.165) is 18.2 Å². The summed E-state index contributed by atoms with van der Waals surface area (Å²) < 4.78 is 28.2. The molecule has 2 rings (SSSR count). The first-order valence-corrected chi connectivity index (χ1v) is 4.79. The lowest BCUT2D eigenvalue weighted by atomic mass is 10.1. The monoisotopic (exact) mass is 223 g/mol. The molecule has 0 radical (unpaired) electrons. The quantitative estimate of drug-likeness (QED) is 0.844. The number of benzene rings is 1.